The molecule has 372 valence electrons. The molecule has 0 aliphatic rings. The van der Waals surface area contributed by atoms with Crippen molar-refractivity contribution in [1.29, 1.82) is 0 Å². The second-order valence-electron chi connectivity index (χ2n) is 25.4. The van der Waals surface area contributed by atoms with Gasteiger partial charge >= 0.3 is 0 Å². The molecular weight excluding hydrogens is 911 g/mol. The van der Waals surface area contributed by atoms with E-state index in [1.807, 2.05) is 11.3 Å². The summed E-state index contributed by atoms with van der Waals surface area (Å²) < 4.78 is 5.17. The minimum absolute atomic E-state index is 0.0105. The van der Waals surface area contributed by atoms with Crippen LogP contribution < -0.4 is 26.2 Å². The van der Waals surface area contributed by atoms with Gasteiger partial charge in [0.1, 0.15) is 23.5 Å². The average molecular weight is 986 g/mol. The third-order valence-electron chi connectivity index (χ3n) is 16.2. The number of aryl methyl sites for hydroxylation is 1. The van der Waals surface area contributed by atoms with Crippen LogP contribution in [0, 0.1) is 20.8 Å². The van der Waals surface area contributed by atoms with Crippen molar-refractivity contribution in [3.05, 3.63) is 179 Å². The molecule has 10 rings (SSSR count). The molecule has 3 nitrogen and oxygen atoms in total. The monoisotopic (exact) mass is 986 g/mol. The number of anilines is 6. The molecule has 7 heteroatoms. The van der Waals surface area contributed by atoms with E-state index in [0.29, 0.717) is 0 Å². The lowest BCUT2D eigenvalue weighted by Gasteiger charge is -2.37. The molecule has 0 amide bonds. The molecule has 0 N–H and O–H groups in total. The molecule has 2 heterocycles. The van der Waals surface area contributed by atoms with Gasteiger partial charge in [-0.3, -0.25) is 0 Å². The minimum Gasteiger partial charge on any atom is -0.312 e. The molecule has 0 atom stereocenters. The summed E-state index contributed by atoms with van der Waals surface area (Å²) in [5.41, 5.74) is 22.3. The third-order valence-corrected chi connectivity index (χ3v) is 17.4. The molecule has 74 heavy (non-hydrogen) atoms. The van der Waals surface area contributed by atoms with Crippen molar-refractivity contribution in [2.75, 3.05) is 9.80 Å². The van der Waals surface area contributed by atoms with Gasteiger partial charge in [0, 0.05) is 65.4 Å². The number of thiophene rings is 1. The Kier molecular flexibility index (Phi) is 12.5. The van der Waals surface area contributed by atoms with Crippen molar-refractivity contribution in [2.45, 2.75) is 126 Å². The summed E-state index contributed by atoms with van der Waals surface area (Å²) in [6.07, 6.45) is 0. The van der Waals surface area contributed by atoms with Crippen LogP contribution in [-0.4, -0.2) is 28.1 Å². The molecule has 0 unspecified atom stereocenters. The van der Waals surface area contributed by atoms with Crippen LogP contribution >= 0.6 is 11.3 Å². The third kappa shape index (κ3) is 8.67. The zero-order valence-corrected chi connectivity index (χ0v) is 48.3. The van der Waals surface area contributed by atoms with Crippen LogP contribution in [0.15, 0.2) is 140 Å². The van der Waals surface area contributed by atoms with E-state index in [9.17, 15) is 0 Å². The van der Waals surface area contributed by atoms with E-state index in [4.69, 9.17) is 0 Å². The molecule has 8 aromatic carbocycles. The fourth-order valence-electron chi connectivity index (χ4n) is 11.5. The number of fused-ring (bicyclic) bond motifs is 7. The molecule has 0 saturated heterocycles. The fraction of sp³-hybridized carbons (Fsp3) is 0.284. The zero-order valence-electron chi connectivity index (χ0n) is 47.5. The van der Waals surface area contributed by atoms with Gasteiger partial charge in [-0.25, -0.2) is 0 Å². The molecule has 0 spiro atoms. The number of aromatic nitrogens is 1. The largest absolute Gasteiger partial charge is 0.312 e. The predicted molar refractivity (Wildman–Crippen MR) is 337 cm³/mol. The maximum atomic E-state index is 2.66. The molecule has 0 bridgehead atoms. The van der Waals surface area contributed by atoms with Gasteiger partial charge in [0.2, 0.25) is 0 Å². The molecule has 2 aromatic heterocycles. The first kappa shape index (κ1) is 51.1. The summed E-state index contributed by atoms with van der Waals surface area (Å²) >= 11 is 1.95. The van der Waals surface area contributed by atoms with Gasteiger partial charge in [0.15, 0.2) is 0 Å². The highest BCUT2D eigenvalue weighted by atomic mass is 32.1. The topological polar surface area (TPSA) is 11.4 Å². The Hall–Kier alpha value is -6.43. The first-order valence-corrected chi connectivity index (χ1v) is 27.6. The quantitative estimate of drug-likeness (QED) is 0.147. The van der Waals surface area contributed by atoms with Gasteiger partial charge < -0.3 is 14.4 Å². The second-order valence-corrected chi connectivity index (χ2v) is 26.4. The Balaban J connectivity index is 1.35. The maximum absolute atomic E-state index is 2.66. The highest BCUT2D eigenvalue weighted by Gasteiger charge is 2.32. The Bertz CT molecular complexity index is 3810. The highest BCUT2D eigenvalue weighted by molar-refractivity contribution is 7.27. The first-order chi connectivity index (χ1) is 34.8. The average Bonchev–Trinajstić information content (AvgIpc) is 3.87. The number of hydrogen-bond donors (Lipinski definition) is 0. The summed E-state index contributed by atoms with van der Waals surface area (Å²) in [7, 11) is 7.05. The van der Waals surface area contributed by atoms with Gasteiger partial charge in [-0.1, -0.05) is 190 Å². The predicted octanol–water partition coefficient (Wildman–Crippen LogP) is 15.0. The maximum Gasteiger partial charge on any atom is 0.141 e. The summed E-state index contributed by atoms with van der Waals surface area (Å²) in [6, 6.07) is 53.6. The van der Waals surface area contributed by atoms with Gasteiger partial charge in [0.25, 0.3) is 0 Å². The number of nitrogens with zero attached hydrogens (tertiary/aromatic N) is 3. The van der Waals surface area contributed by atoms with E-state index < -0.39 is 0 Å². The lowest BCUT2D eigenvalue weighted by molar-refractivity contribution is 0.589. The molecule has 0 fully saturated rings. The summed E-state index contributed by atoms with van der Waals surface area (Å²) in [5.74, 6) is 0. The molecule has 0 radical (unpaired) electrons. The normalized spacial score (nSPS) is 12.7. The van der Waals surface area contributed by atoms with Gasteiger partial charge in [-0.05, 0) is 135 Å². The van der Waals surface area contributed by atoms with Crippen molar-refractivity contribution in [3.8, 4) is 5.69 Å². The zero-order chi connectivity index (χ0) is 53.1. The van der Waals surface area contributed by atoms with Gasteiger partial charge in [0.05, 0.1) is 11.2 Å². The molecule has 10 aromatic rings. The number of rotatable bonds is 7. The smallest absolute Gasteiger partial charge is 0.141 e. The standard InChI is InChI=1S/C67H74B3N3S/c1-39-38-46(67(13,14)15)27-36-53(39)72(48-30-23-44(24-31-48)65(7,8)9)59-40(2)60(58(70)56(68)57(59)69)73(49-32-25-45(26-33-49)66(10,11)12)61-41(3)71(47-28-21-43(22-29-47)64(4,5)6)54-37-35-52-51-34-20-42-18-16-17-19-50(42)62(51)74-63(52)55(54)61/h16-38H,68-70H2,1-15H3. The lowest BCUT2D eigenvalue weighted by Crippen LogP contribution is -2.44. The van der Waals surface area contributed by atoms with Crippen LogP contribution in [0.4, 0.5) is 34.1 Å². The van der Waals surface area contributed by atoms with Crippen molar-refractivity contribution in [2.24, 2.45) is 0 Å². The van der Waals surface area contributed by atoms with Crippen LogP contribution in [0.25, 0.3) is 47.5 Å². The number of hydrogen-bond acceptors (Lipinski definition) is 3. The van der Waals surface area contributed by atoms with Crippen LogP contribution in [0.1, 0.15) is 122 Å². The Morgan fingerprint density at radius 1 is 0.432 bits per heavy atom. The van der Waals surface area contributed by atoms with Crippen LogP contribution in [-0.2, 0) is 21.7 Å². The molecule has 0 aliphatic heterocycles. The van der Waals surface area contributed by atoms with Gasteiger partial charge in [-0.15, -0.1) is 11.3 Å². The SMILES string of the molecule is Bc1c(B)c(N(c2ccc(C(C)(C)C)cc2)c2ccc(C(C)(C)C)cc2C)c(C)c(N(c2ccc(C(C)(C)C)cc2)c2c(C)n(-c3ccc(C(C)(C)C)cc3)c3ccc4c5ccc6ccccc6c5sc4c23)c1B. The van der Waals surface area contributed by atoms with Crippen molar-refractivity contribution >= 4 is 127 Å². The number of benzene rings is 8. The minimum atomic E-state index is -0.0105. The summed E-state index contributed by atoms with van der Waals surface area (Å²) in [4.78, 5) is 5.22. The van der Waals surface area contributed by atoms with Crippen LogP contribution in [0.5, 0.6) is 0 Å². The van der Waals surface area contributed by atoms with E-state index in [1.165, 1.54) is 120 Å². The first-order valence-electron chi connectivity index (χ1n) is 26.8. The highest BCUT2D eigenvalue weighted by Crippen LogP contribution is 2.52. The summed E-state index contributed by atoms with van der Waals surface area (Å²) in [5, 5.41) is 6.44. The Morgan fingerprint density at radius 3 is 1.45 bits per heavy atom. The fourth-order valence-corrected chi connectivity index (χ4v) is 12.9. The molecule has 0 aliphatic carbocycles. The van der Waals surface area contributed by atoms with E-state index >= 15 is 0 Å². The second kappa shape index (κ2) is 18.2. The Labute approximate surface area is 448 Å². The van der Waals surface area contributed by atoms with Crippen LogP contribution in [0.2, 0.25) is 0 Å². The van der Waals surface area contributed by atoms with Crippen molar-refractivity contribution < 1.29 is 0 Å². The van der Waals surface area contributed by atoms with Crippen LogP contribution in [0.3, 0.4) is 0 Å². The Morgan fingerprint density at radius 2 is 0.905 bits per heavy atom. The van der Waals surface area contributed by atoms with Gasteiger partial charge in [-0.2, -0.15) is 0 Å². The lowest BCUT2D eigenvalue weighted by atomic mass is 9.69. The molecular formula is C67H74B3N3S. The van der Waals surface area contributed by atoms with E-state index in [1.54, 1.807) is 0 Å². The van der Waals surface area contributed by atoms with E-state index in [0.717, 1.165) is 17.1 Å². The van der Waals surface area contributed by atoms with E-state index in [-0.39, 0.29) is 21.7 Å². The van der Waals surface area contributed by atoms with Crippen molar-refractivity contribution in [3.63, 3.8) is 0 Å². The van der Waals surface area contributed by atoms with E-state index in [2.05, 4.69) is 281 Å². The van der Waals surface area contributed by atoms with Crippen molar-refractivity contribution in [1.82, 2.24) is 4.57 Å². The summed E-state index contributed by atoms with van der Waals surface area (Å²) in [6.45, 7) is 34.7. The molecule has 0 saturated carbocycles.